The zero-order chi connectivity index (χ0) is 13.0. The zero-order valence-electron chi connectivity index (χ0n) is 10.6. The second kappa shape index (κ2) is 5.39. The molecular formula is C12H15N3O3. The number of hydrogen-bond donors (Lipinski definition) is 0. The van der Waals surface area contributed by atoms with Gasteiger partial charge in [-0.15, -0.1) is 0 Å². The third kappa shape index (κ3) is 2.53. The summed E-state index contributed by atoms with van der Waals surface area (Å²) in [4.78, 5) is 4.22. The van der Waals surface area contributed by atoms with Crippen LogP contribution in [0.3, 0.4) is 0 Å². The molecule has 96 valence electrons. The third-order valence-electron chi connectivity index (χ3n) is 2.42. The lowest BCUT2D eigenvalue weighted by molar-refractivity contribution is 0.284. The Labute approximate surface area is 105 Å². The predicted octanol–water partition coefficient (Wildman–Crippen LogP) is 1.41. The lowest BCUT2D eigenvalue weighted by Gasteiger charge is -2.11. The maximum atomic E-state index is 5.57. The van der Waals surface area contributed by atoms with E-state index in [-0.39, 0.29) is 0 Å². The van der Waals surface area contributed by atoms with E-state index in [1.807, 2.05) is 7.05 Å². The zero-order valence-corrected chi connectivity index (χ0v) is 10.6. The summed E-state index contributed by atoms with van der Waals surface area (Å²) in [5.41, 5.74) is 0.681. The molecule has 2 heterocycles. The summed E-state index contributed by atoms with van der Waals surface area (Å²) in [6.07, 6.45) is 5.09. The smallest absolute Gasteiger partial charge is 0.185 e. The van der Waals surface area contributed by atoms with Crippen molar-refractivity contribution >= 4 is 0 Å². The number of pyridine rings is 1. The van der Waals surface area contributed by atoms with Crippen LogP contribution in [0.5, 0.6) is 17.2 Å². The average Bonchev–Trinajstić information content (AvgIpc) is 2.81. The van der Waals surface area contributed by atoms with Crippen molar-refractivity contribution in [1.82, 2.24) is 14.8 Å². The van der Waals surface area contributed by atoms with Gasteiger partial charge in [-0.3, -0.25) is 9.67 Å². The number of aryl methyl sites for hydroxylation is 1. The molecule has 0 aromatic carbocycles. The van der Waals surface area contributed by atoms with Crippen LogP contribution in [0.2, 0.25) is 0 Å². The van der Waals surface area contributed by atoms with Gasteiger partial charge in [0, 0.05) is 19.3 Å². The molecule has 2 rings (SSSR count). The van der Waals surface area contributed by atoms with Crippen LogP contribution < -0.4 is 14.2 Å². The van der Waals surface area contributed by atoms with E-state index in [2.05, 4.69) is 10.1 Å². The largest absolute Gasteiger partial charge is 0.493 e. The summed E-state index contributed by atoms with van der Waals surface area (Å²) in [6.45, 7) is 0.298. The summed E-state index contributed by atoms with van der Waals surface area (Å²) < 4.78 is 17.7. The highest BCUT2D eigenvalue weighted by atomic mass is 16.5. The van der Waals surface area contributed by atoms with Crippen molar-refractivity contribution in [3.05, 3.63) is 30.4 Å². The second-order valence-electron chi connectivity index (χ2n) is 3.63. The third-order valence-corrected chi connectivity index (χ3v) is 2.42. The molecule has 0 aliphatic carbocycles. The molecule has 0 saturated carbocycles. The van der Waals surface area contributed by atoms with Crippen LogP contribution in [0, 0.1) is 0 Å². The highest BCUT2D eigenvalue weighted by Gasteiger charge is 2.11. The maximum absolute atomic E-state index is 5.57. The standard InChI is InChI=1S/C12H15N3O3/c1-15-7-9(6-14-15)18-8-10-12(17-3)11(16-2)4-5-13-10/h4-7H,8H2,1-3H3. The van der Waals surface area contributed by atoms with E-state index < -0.39 is 0 Å². The van der Waals surface area contributed by atoms with Crippen LogP contribution in [0.1, 0.15) is 5.69 Å². The SMILES string of the molecule is COc1ccnc(COc2cnn(C)c2)c1OC. The maximum Gasteiger partial charge on any atom is 0.185 e. The topological polar surface area (TPSA) is 58.4 Å². The van der Waals surface area contributed by atoms with Gasteiger partial charge < -0.3 is 14.2 Å². The van der Waals surface area contributed by atoms with E-state index in [0.717, 1.165) is 0 Å². The molecule has 0 aliphatic rings. The van der Waals surface area contributed by atoms with Gasteiger partial charge in [-0.2, -0.15) is 5.10 Å². The van der Waals surface area contributed by atoms with E-state index >= 15 is 0 Å². The van der Waals surface area contributed by atoms with Crippen LogP contribution in [-0.2, 0) is 13.7 Å². The van der Waals surface area contributed by atoms with Crippen LogP contribution in [0.25, 0.3) is 0 Å². The van der Waals surface area contributed by atoms with Crippen molar-refractivity contribution in [2.45, 2.75) is 6.61 Å². The van der Waals surface area contributed by atoms with Crippen molar-refractivity contribution in [1.29, 1.82) is 0 Å². The fourth-order valence-corrected chi connectivity index (χ4v) is 1.58. The first-order valence-corrected chi connectivity index (χ1v) is 5.42. The minimum atomic E-state index is 0.298. The van der Waals surface area contributed by atoms with Gasteiger partial charge in [0.25, 0.3) is 0 Å². The summed E-state index contributed by atoms with van der Waals surface area (Å²) in [6, 6.07) is 1.74. The number of nitrogens with zero attached hydrogens (tertiary/aromatic N) is 3. The van der Waals surface area contributed by atoms with Gasteiger partial charge in [0.2, 0.25) is 0 Å². The summed E-state index contributed by atoms with van der Waals surface area (Å²) >= 11 is 0. The normalized spacial score (nSPS) is 10.2. The van der Waals surface area contributed by atoms with Gasteiger partial charge in [-0.1, -0.05) is 0 Å². The van der Waals surface area contributed by atoms with E-state index in [9.17, 15) is 0 Å². The molecule has 18 heavy (non-hydrogen) atoms. The number of hydrogen-bond acceptors (Lipinski definition) is 5. The molecule has 0 spiro atoms. The molecule has 6 nitrogen and oxygen atoms in total. The average molecular weight is 249 g/mol. The Hall–Kier alpha value is -2.24. The summed E-state index contributed by atoms with van der Waals surface area (Å²) in [5.74, 6) is 1.91. The van der Waals surface area contributed by atoms with Gasteiger partial charge >= 0.3 is 0 Å². The predicted molar refractivity (Wildman–Crippen MR) is 64.9 cm³/mol. The highest BCUT2D eigenvalue weighted by Crippen LogP contribution is 2.29. The van der Waals surface area contributed by atoms with E-state index in [4.69, 9.17) is 14.2 Å². The summed E-state index contributed by atoms with van der Waals surface area (Å²) in [5, 5.41) is 4.02. The Morgan fingerprint density at radius 3 is 2.72 bits per heavy atom. The first kappa shape index (κ1) is 12.2. The molecule has 6 heteroatoms. The number of aromatic nitrogens is 3. The van der Waals surface area contributed by atoms with E-state index in [1.165, 1.54) is 0 Å². The Bertz CT molecular complexity index is 525. The molecule has 0 unspecified atom stereocenters. The van der Waals surface area contributed by atoms with Crippen molar-refractivity contribution in [2.24, 2.45) is 7.05 Å². The molecule has 0 fully saturated rings. The quantitative estimate of drug-likeness (QED) is 0.802. The second-order valence-corrected chi connectivity index (χ2v) is 3.63. The van der Waals surface area contributed by atoms with Gasteiger partial charge in [0.1, 0.15) is 12.3 Å². The van der Waals surface area contributed by atoms with Crippen LogP contribution in [0.4, 0.5) is 0 Å². The van der Waals surface area contributed by atoms with Crippen molar-refractivity contribution in [3.8, 4) is 17.2 Å². The van der Waals surface area contributed by atoms with Crippen molar-refractivity contribution in [3.63, 3.8) is 0 Å². The lowest BCUT2D eigenvalue weighted by atomic mass is 10.3. The van der Waals surface area contributed by atoms with Crippen molar-refractivity contribution in [2.75, 3.05) is 14.2 Å². The first-order valence-electron chi connectivity index (χ1n) is 5.42. The molecule has 0 bridgehead atoms. The first-order chi connectivity index (χ1) is 8.74. The minimum Gasteiger partial charge on any atom is -0.493 e. The molecule has 0 amide bonds. The highest BCUT2D eigenvalue weighted by molar-refractivity contribution is 5.42. The van der Waals surface area contributed by atoms with E-state index in [0.29, 0.717) is 29.5 Å². The van der Waals surface area contributed by atoms with Gasteiger partial charge in [0.05, 0.1) is 26.6 Å². The fraction of sp³-hybridized carbons (Fsp3) is 0.333. The Balaban J connectivity index is 2.13. The molecule has 0 radical (unpaired) electrons. The molecule has 0 atom stereocenters. The Morgan fingerprint density at radius 1 is 1.28 bits per heavy atom. The summed E-state index contributed by atoms with van der Waals surface area (Å²) in [7, 11) is 4.99. The van der Waals surface area contributed by atoms with E-state index in [1.54, 1.807) is 43.6 Å². The molecule has 0 saturated heterocycles. The number of methoxy groups -OCH3 is 2. The minimum absolute atomic E-state index is 0.298. The molecule has 0 N–H and O–H groups in total. The molecule has 2 aromatic rings. The molecular weight excluding hydrogens is 234 g/mol. The lowest BCUT2D eigenvalue weighted by Crippen LogP contribution is -2.02. The van der Waals surface area contributed by atoms with Crippen LogP contribution in [-0.4, -0.2) is 29.0 Å². The Morgan fingerprint density at radius 2 is 2.11 bits per heavy atom. The van der Waals surface area contributed by atoms with Crippen LogP contribution >= 0.6 is 0 Å². The molecule has 2 aromatic heterocycles. The monoisotopic (exact) mass is 249 g/mol. The fourth-order valence-electron chi connectivity index (χ4n) is 1.58. The number of ether oxygens (including phenoxy) is 3. The van der Waals surface area contributed by atoms with Gasteiger partial charge in [-0.05, 0) is 0 Å². The number of rotatable bonds is 5. The van der Waals surface area contributed by atoms with Crippen molar-refractivity contribution < 1.29 is 14.2 Å². The molecule has 0 aliphatic heterocycles. The Kier molecular flexibility index (Phi) is 3.66. The van der Waals surface area contributed by atoms with Gasteiger partial charge in [-0.25, -0.2) is 0 Å². The van der Waals surface area contributed by atoms with Gasteiger partial charge in [0.15, 0.2) is 17.2 Å². The van der Waals surface area contributed by atoms with Crippen LogP contribution in [0.15, 0.2) is 24.7 Å².